The Bertz CT molecular complexity index is 925. The van der Waals surface area contributed by atoms with Crippen LogP contribution in [-0.2, 0) is 22.1 Å². The Labute approximate surface area is 196 Å². The van der Waals surface area contributed by atoms with E-state index in [0.717, 1.165) is 18.2 Å². The minimum atomic E-state index is -4.57. The summed E-state index contributed by atoms with van der Waals surface area (Å²) in [6, 6.07) is 2.82. The molecular weight excluding hydrogens is 454 g/mol. The normalized spacial score (nSPS) is 26.0. The van der Waals surface area contributed by atoms with Crippen LogP contribution in [0.25, 0.3) is 0 Å². The van der Waals surface area contributed by atoms with E-state index in [1.165, 1.54) is 0 Å². The number of halogens is 4. The van der Waals surface area contributed by atoms with Gasteiger partial charge in [-0.1, -0.05) is 19.9 Å². The summed E-state index contributed by atoms with van der Waals surface area (Å²) in [6.07, 6.45) is -2.52. The first-order chi connectivity index (χ1) is 16.1. The molecule has 1 saturated carbocycles. The fourth-order valence-corrected chi connectivity index (χ4v) is 5.86. The van der Waals surface area contributed by atoms with Gasteiger partial charge in [0.25, 0.3) is 0 Å². The first-order valence-corrected chi connectivity index (χ1v) is 11.9. The summed E-state index contributed by atoms with van der Waals surface area (Å²) >= 11 is 0. The van der Waals surface area contributed by atoms with Crippen molar-refractivity contribution in [3.8, 4) is 0 Å². The number of nitrogens with zero attached hydrogens (tertiary/aromatic N) is 2. The number of hydrogen-bond donors (Lipinski definition) is 1. The van der Waals surface area contributed by atoms with Gasteiger partial charge in [-0.25, -0.2) is 9.18 Å². The molecule has 34 heavy (non-hydrogen) atoms. The van der Waals surface area contributed by atoms with Crippen LogP contribution in [0.5, 0.6) is 0 Å². The highest BCUT2D eigenvalue weighted by atomic mass is 19.4. The molecular formula is C24H31F4N3O3. The summed E-state index contributed by atoms with van der Waals surface area (Å²) in [5.41, 5.74) is -1.22. The fourth-order valence-electron chi connectivity index (χ4n) is 5.86. The number of fused-ring (bicyclic) bond motifs is 1. The van der Waals surface area contributed by atoms with E-state index in [1.807, 2.05) is 13.8 Å². The summed E-state index contributed by atoms with van der Waals surface area (Å²) in [5, 5.41) is 2.88. The molecule has 188 valence electrons. The van der Waals surface area contributed by atoms with Gasteiger partial charge in [-0.3, -0.25) is 4.79 Å². The number of benzene rings is 1. The van der Waals surface area contributed by atoms with E-state index >= 15 is 0 Å². The first-order valence-electron chi connectivity index (χ1n) is 11.9. The average molecular weight is 486 g/mol. The lowest BCUT2D eigenvalue weighted by molar-refractivity contribution is -0.140. The third-order valence-corrected chi connectivity index (χ3v) is 7.28. The van der Waals surface area contributed by atoms with Gasteiger partial charge in [-0.15, -0.1) is 0 Å². The van der Waals surface area contributed by atoms with Crippen molar-refractivity contribution in [1.29, 1.82) is 0 Å². The van der Waals surface area contributed by atoms with Gasteiger partial charge in [0.1, 0.15) is 12.4 Å². The van der Waals surface area contributed by atoms with Crippen molar-refractivity contribution in [2.45, 2.75) is 57.9 Å². The van der Waals surface area contributed by atoms with Crippen molar-refractivity contribution < 1.29 is 31.9 Å². The lowest BCUT2D eigenvalue weighted by Crippen LogP contribution is -2.68. The molecule has 1 N–H and O–H groups in total. The topological polar surface area (TPSA) is 61.9 Å². The number of carbonyl (C=O) groups excluding carboxylic acids is 2. The van der Waals surface area contributed by atoms with Crippen LogP contribution in [-0.4, -0.2) is 66.7 Å². The Morgan fingerprint density at radius 2 is 1.91 bits per heavy atom. The van der Waals surface area contributed by atoms with E-state index in [4.69, 9.17) is 4.74 Å². The maximum absolute atomic E-state index is 14.1. The largest absolute Gasteiger partial charge is 0.416 e. The Morgan fingerprint density at radius 1 is 1.21 bits per heavy atom. The maximum Gasteiger partial charge on any atom is 0.416 e. The molecule has 10 heteroatoms. The van der Waals surface area contributed by atoms with Crippen molar-refractivity contribution >= 4 is 11.9 Å². The highest BCUT2D eigenvalue weighted by molar-refractivity contribution is 5.79. The van der Waals surface area contributed by atoms with Crippen LogP contribution >= 0.6 is 0 Å². The Morgan fingerprint density at radius 3 is 2.59 bits per heavy atom. The number of rotatable bonds is 2. The average Bonchev–Trinajstić information content (AvgIpc) is 2.75. The third-order valence-electron chi connectivity index (χ3n) is 7.28. The summed E-state index contributed by atoms with van der Waals surface area (Å²) in [5.74, 6) is -1.00. The second-order valence-electron chi connectivity index (χ2n) is 9.64. The molecule has 0 bridgehead atoms. The molecule has 4 fully saturated rings. The van der Waals surface area contributed by atoms with Crippen LogP contribution in [0.4, 0.5) is 22.4 Å². The molecule has 4 aliphatic rings. The van der Waals surface area contributed by atoms with Gasteiger partial charge >= 0.3 is 12.2 Å². The molecule has 1 aromatic rings. The number of urea groups is 1. The van der Waals surface area contributed by atoms with Crippen molar-refractivity contribution in [2.75, 3.05) is 32.8 Å². The molecule has 0 aromatic heterocycles. The zero-order chi connectivity index (χ0) is 24.7. The van der Waals surface area contributed by atoms with Crippen molar-refractivity contribution in [3.63, 3.8) is 0 Å². The number of piperidine rings is 1. The van der Waals surface area contributed by atoms with Gasteiger partial charge in [-0.2, -0.15) is 13.2 Å². The molecule has 1 spiro atoms. The summed E-state index contributed by atoms with van der Waals surface area (Å²) in [4.78, 5) is 27.9. The van der Waals surface area contributed by atoms with Crippen LogP contribution in [0.3, 0.4) is 0 Å². The van der Waals surface area contributed by atoms with Crippen LogP contribution in [0.15, 0.2) is 18.2 Å². The molecule has 3 amide bonds. The zero-order valence-corrected chi connectivity index (χ0v) is 19.5. The van der Waals surface area contributed by atoms with Gasteiger partial charge in [0.05, 0.1) is 17.7 Å². The van der Waals surface area contributed by atoms with E-state index in [0.29, 0.717) is 45.4 Å². The molecule has 6 nitrogen and oxygen atoms in total. The Hall–Kier alpha value is -2.36. The van der Waals surface area contributed by atoms with Crippen molar-refractivity contribution in [2.24, 2.45) is 11.3 Å². The summed E-state index contributed by atoms with van der Waals surface area (Å²) in [6.45, 7) is 6.17. The number of ether oxygens (including phenoxy) is 1. The number of morpholine rings is 1. The smallest absolute Gasteiger partial charge is 0.366 e. The zero-order valence-electron chi connectivity index (χ0n) is 19.5. The van der Waals surface area contributed by atoms with Crippen LogP contribution in [0, 0.1) is 17.2 Å². The standard InChI is InChI=1S/C22H25F4N3O3.C2H6/c23-16-3-1-2-15(22(24,25)26)14(16)6-13-7-21(8-13)11-29(12-21)20(31)28-5-4-18-17(9-28)27-19(30)10-32-18;1-2/h1-3,13,17-18H,4-12H2,(H,27,30);1-2H3. The third kappa shape index (κ3) is 4.74. The fraction of sp³-hybridized carbons (Fsp3) is 0.667. The monoisotopic (exact) mass is 485 g/mol. The minimum Gasteiger partial charge on any atom is -0.366 e. The SMILES string of the molecule is CC.O=C1COC2CCN(C(=O)N3CC4(CC(Cc5c(F)cccc5C(F)(F)F)C4)C3)CC2N1. The number of nitrogens with one attached hydrogen (secondary N) is 1. The van der Waals surface area contributed by atoms with E-state index in [9.17, 15) is 27.2 Å². The van der Waals surface area contributed by atoms with Gasteiger partial charge in [0.15, 0.2) is 0 Å². The van der Waals surface area contributed by atoms with Crippen molar-refractivity contribution in [1.82, 2.24) is 15.1 Å². The number of amides is 3. The summed E-state index contributed by atoms with van der Waals surface area (Å²) < 4.78 is 59.3. The number of carbonyl (C=O) groups is 2. The molecule has 3 aliphatic heterocycles. The molecule has 5 rings (SSSR count). The first kappa shape index (κ1) is 24.8. The second-order valence-corrected chi connectivity index (χ2v) is 9.64. The highest BCUT2D eigenvalue weighted by Gasteiger charge is 2.54. The number of hydrogen-bond acceptors (Lipinski definition) is 3. The van der Waals surface area contributed by atoms with Crippen LogP contribution < -0.4 is 5.32 Å². The van der Waals surface area contributed by atoms with E-state index in [-0.39, 0.29) is 54.0 Å². The maximum atomic E-state index is 14.1. The lowest BCUT2D eigenvalue weighted by atomic mass is 9.56. The van der Waals surface area contributed by atoms with Crippen LogP contribution in [0.2, 0.25) is 0 Å². The number of alkyl halides is 3. The van der Waals surface area contributed by atoms with Gasteiger partial charge in [0, 0.05) is 37.2 Å². The Kier molecular flexibility index (Phi) is 6.81. The van der Waals surface area contributed by atoms with Gasteiger partial charge in [-0.05, 0) is 43.7 Å². The molecule has 2 unspecified atom stereocenters. The van der Waals surface area contributed by atoms with E-state index in [1.54, 1.807) is 9.80 Å². The molecule has 2 atom stereocenters. The minimum absolute atomic E-state index is 0.0180. The molecule has 1 aliphatic carbocycles. The summed E-state index contributed by atoms with van der Waals surface area (Å²) in [7, 11) is 0. The number of likely N-dealkylation sites (tertiary alicyclic amines) is 2. The molecule has 3 saturated heterocycles. The second kappa shape index (κ2) is 9.36. The predicted octanol–water partition coefficient (Wildman–Crippen LogP) is 3.83. The van der Waals surface area contributed by atoms with Crippen LogP contribution in [0.1, 0.15) is 44.2 Å². The predicted molar refractivity (Wildman–Crippen MR) is 116 cm³/mol. The quantitative estimate of drug-likeness (QED) is 0.648. The molecule has 1 aromatic carbocycles. The Balaban J connectivity index is 0.00000133. The van der Waals surface area contributed by atoms with E-state index < -0.39 is 17.6 Å². The van der Waals surface area contributed by atoms with Gasteiger partial charge < -0.3 is 19.9 Å². The van der Waals surface area contributed by atoms with Gasteiger partial charge in [0.2, 0.25) is 5.91 Å². The molecule has 0 radical (unpaired) electrons. The lowest BCUT2D eigenvalue weighted by Gasteiger charge is -2.60. The van der Waals surface area contributed by atoms with E-state index in [2.05, 4.69) is 5.32 Å². The highest BCUT2D eigenvalue weighted by Crippen LogP contribution is 2.53. The van der Waals surface area contributed by atoms with Crippen molar-refractivity contribution in [3.05, 3.63) is 35.1 Å². The molecule has 3 heterocycles.